The van der Waals surface area contributed by atoms with Crippen LogP contribution in [0.25, 0.3) is 0 Å². The van der Waals surface area contributed by atoms with E-state index >= 15 is 0 Å². The standard InChI is InChI=1S/C14H24N3O6PS/c1-22-6-7-23-5-3-15-11(18)2-4-17-13(20)8-10(14(17)21)25-9-12(19)16-24/h8,20-21H,2-7,9,24H2,1H3,(H,15,18)(H,16,19). The minimum absolute atomic E-state index is 0.0874. The highest BCUT2D eigenvalue weighted by Gasteiger charge is 2.16. The Morgan fingerprint density at radius 2 is 2.04 bits per heavy atom. The molecule has 25 heavy (non-hydrogen) atoms. The Morgan fingerprint density at radius 3 is 2.72 bits per heavy atom. The molecule has 0 aliphatic rings. The topological polar surface area (TPSA) is 122 Å². The van der Waals surface area contributed by atoms with Crippen LogP contribution in [0.5, 0.6) is 11.8 Å². The number of amides is 2. The molecule has 1 rings (SSSR count). The van der Waals surface area contributed by atoms with E-state index in [1.165, 1.54) is 10.6 Å². The van der Waals surface area contributed by atoms with Gasteiger partial charge in [0, 0.05) is 32.7 Å². The number of ether oxygens (including phenoxy) is 2. The number of carbonyl (C=O) groups excluding carboxylic acids is 2. The summed E-state index contributed by atoms with van der Waals surface area (Å²) in [4.78, 5) is 23.3. The second kappa shape index (κ2) is 12.0. The number of aromatic nitrogens is 1. The van der Waals surface area contributed by atoms with Crippen LogP contribution in [-0.2, 0) is 25.6 Å². The van der Waals surface area contributed by atoms with E-state index in [9.17, 15) is 19.8 Å². The van der Waals surface area contributed by atoms with Crippen molar-refractivity contribution in [3.8, 4) is 11.8 Å². The summed E-state index contributed by atoms with van der Waals surface area (Å²) in [6, 6.07) is 1.36. The Hall–Kier alpha value is -1.48. The van der Waals surface area contributed by atoms with Gasteiger partial charge in [0.15, 0.2) is 5.88 Å². The molecule has 0 spiro atoms. The minimum atomic E-state index is -0.228. The first-order valence-electron chi connectivity index (χ1n) is 7.56. The van der Waals surface area contributed by atoms with E-state index in [4.69, 9.17) is 9.47 Å². The van der Waals surface area contributed by atoms with Crippen LogP contribution in [0.15, 0.2) is 11.0 Å². The van der Waals surface area contributed by atoms with E-state index in [1.807, 2.05) is 0 Å². The molecular formula is C14H24N3O6PS. The van der Waals surface area contributed by atoms with Crippen LogP contribution in [-0.4, -0.2) is 65.8 Å². The van der Waals surface area contributed by atoms with Gasteiger partial charge in [-0.15, -0.1) is 11.8 Å². The maximum Gasteiger partial charge on any atom is 0.233 e. The summed E-state index contributed by atoms with van der Waals surface area (Å²) in [5, 5.41) is 25.0. The van der Waals surface area contributed by atoms with E-state index in [2.05, 4.69) is 19.8 Å². The summed E-state index contributed by atoms with van der Waals surface area (Å²) in [5.74, 6) is -0.686. The van der Waals surface area contributed by atoms with Crippen LogP contribution in [0.1, 0.15) is 6.42 Å². The lowest BCUT2D eigenvalue weighted by molar-refractivity contribution is -0.121. The quantitative estimate of drug-likeness (QED) is 0.225. The molecule has 0 saturated carbocycles. The Kier molecular flexibility index (Phi) is 10.3. The molecule has 0 fully saturated rings. The SMILES string of the molecule is COCCOCCNC(=O)CCn1c(O)cc(SCC(=O)NP)c1O. The van der Waals surface area contributed by atoms with Gasteiger partial charge in [-0.1, -0.05) is 0 Å². The smallest absolute Gasteiger partial charge is 0.233 e. The number of carbonyl (C=O) groups is 2. The van der Waals surface area contributed by atoms with Crippen molar-refractivity contribution in [3.05, 3.63) is 6.07 Å². The first-order valence-corrected chi connectivity index (χ1v) is 9.13. The first kappa shape index (κ1) is 21.6. The van der Waals surface area contributed by atoms with Gasteiger partial charge in [0.25, 0.3) is 0 Å². The molecule has 0 aromatic carbocycles. The van der Waals surface area contributed by atoms with Crippen LogP contribution in [0.4, 0.5) is 0 Å². The largest absolute Gasteiger partial charge is 0.494 e. The zero-order valence-corrected chi connectivity index (χ0v) is 16.0. The molecular weight excluding hydrogens is 369 g/mol. The maximum atomic E-state index is 11.8. The van der Waals surface area contributed by atoms with Gasteiger partial charge in [-0.2, -0.15) is 0 Å². The van der Waals surface area contributed by atoms with Crippen LogP contribution >= 0.6 is 21.2 Å². The number of aromatic hydroxyl groups is 2. The number of methoxy groups -OCH3 is 1. The Balaban J connectivity index is 2.37. The summed E-state index contributed by atoms with van der Waals surface area (Å²) in [7, 11) is 3.68. The third-order valence-electron chi connectivity index (χ3n) is 3.10. The van der Waals surface area contributed by atoms with Crippen molar-refractivity contribution >= 4 is 33.0 Å². The van der Waals surface area contributed by atoms with Gasteiger partial charge in [0.05, 0.1) is 30.5 Å². The third-order valence-corrected chi connectivity index (χ3v) is 4.44. The molecule has 4 N–H and O–H groups in total. The fourth-order valence-corrected chi connectivity index (χ4v) is 2.87. The second-order valence-electron chi connectivity index (χ2n) is 4.90. The van der Waals surface area contributed by atoms with Crippen LogP contribution < -0.4 is 10.4 Å². The summed E-state index contributed by atoms with van der Waals surface area (Å²) in [5.41, 5.74) is 0. The lowest BCUT2D eigenvalue weighted by Crippen LogP contribution is -2.28. The summed E-state index contributed by atoms with van der Waals surface area (Å²) in [6.45, 7) is 1.83. The van der Waals surface area contributed by atoms with Crippen molar-refractivity contribution in [2.24, 2.45) is 0 Å². The monoisotopic (exact) mass is 393 g/mol. The summed E-state index contributed by atoms with van der Waals surface area (Å²) >= 11 is 1.09. The molecule has 11 heteroatoms. The molecule has 1 aromatic heterocycles. The van der Waals surface area contributed by atoms with Gasteiger partial charge in [-0.3, -0.25) is 14.2 Å². The second-order valence-corrected chi connectivity index (χ2v) is 6.21. The molecule has 1 heterocycles. The fourth-order valence-electron chi connectivity index (χ4n) is 1.82. The molecule has 0 bridgehead atoms. The predicted octanol–water partition coefficient (Wildman–Crippen LogP) is 0.0670. The van der Waals surface area contributed by atoms with Gasteiger partial charge >= 0.3 is 0 Å². The zero-order valence-electron chi connectivity index (χ0n) is 14.0. The van der Waals surface area contributed by atoms with E-state index in [1.54, 1.807) is 7.11 Å². The molecule has 0 aliphatic carbocycles. The molecule has 1 unspecified atom stereocenters. The zero-order chi connectivity index (χ0) is 18.7. The normalized spacial score (nSPS) is 10.6. The number of hydrogen-bond donors (Lipinski definition) is 4. The van der Waals surface area contributed by atoms with Crippen molar-refractivity contribution in [2.75, 3.05) is 39.2 Å². The average molecular weight is 393 g/mol. The van der Waals surface area contributed by atoms with Crippen molar-refractivity contribution in [1.82, 2.24) is 15.0 Å². The lowest BCUT2D eigenvalue weighted by Gasteiger charge is -2.08. The van der Waals surface area contributed by atoms with E-state index in [0.29, 0.717) is 31.3 Å². The van der Waals surface area contributed by atoms with Crippen LogP contribution in [0.2, 0.25) is 0 Å². The van der Waals surface area contributed by atoms with E-state index in [0.717, 1.165) is 11.8 Å². The predicted molar refractivity (Wildman–Crippen MR) is 96.7 cm³/mol. The molecule has 9 nitrogen and oxygen atoms in total. The van der Waals surface area contributed by atoms with Crippen molar-refractivity contribution < 1.29 is 29.3 Å². The fraction of sp³-hybridized carbons (Fsp3) is 0.571. The van der Waals surface area contributed by atoms with E-state index < -0.39 is 0 Å². The highest BCUT2D eigenvalue weighted by atomic mass is 32.2. The Labute approximate surface area is 152 Å². The Morgan fingerprint density at radius 1 is 1.28 bits per heavy atom. The maximum absolute atomic E-state index is 11.8. The molecule has 2 amide bonds. The molecule has 142 valence electrons. The highest BCUT2D eigenvalue weighted by molar-refractivity contribution is 8.00. The van der Waals surface area contributed by atoms with Gasteiger partial charge < -0.3 is 30.1 Å². The minimum Gasteiger partial charge on any atom is -0.494 e. The number of thioether (sulfide) groups is 1. The summed E-state index contributed by atoms with van der Waals surface area (Å²) < 4.78 is 11.3. The molecule has 0 radical (unpaired) electrons. The molecule has 0 aliphatic heterocycles. The molecule has 1 atom stereocenters. The Bertz CT molecular complexity index is 569. The van der Waals surface area contributed by atoms with Gasteiger partial charge in [-0.25, -0.2) is 0 Å². The number of nitrogens with zero attached hydrogens (tertiary/aromatic N) is 1. The lowest BCUT2D eigenvalue weighted by atomic mass is 10.4. The van der Waals surface area contributed by atoms with Gasteiger partial charge in [-0.05, 0) is 9.39 Å². The van der Waals surface area contributed by atoms with Crippen LogP contribution in [0, 0.1) is 0 Å². The summed E-state index contributed by atoms with van der Waals surface area (Å²) in [6.07, 6.45) is 0.0874. The number of hydrogen-bond acceptors (Lipinski definition) is 7. The third kappa shape index (κ3) is 7.96. The first-order chi connectivity index (χ1) is 12.0. The van der Waals surface area contributed by atoms with Crippen LogP contribution in [0.3, 0.4) is 0 Å². The highest BCUT2D eigenvalue weighted by Crippen LogP contribution is 2.35. The van der Waals surface area contributed by atoms with Crippen molar-refractivity contribution in [3.63, 3.8) is 0 Å². The number of rotatable bonds is 12. The molecule has 1 aromatic rings. The average Bonchev–Trinajstić information content (AvgIpc) is 2.87. The van der Waals surface area contributed by atoms with E-state index in [-0.39, 0.29) is 42.3 Å². The number of nitrogens with one attached hydrogen (secondary N) is 2. The van der Waals surface area contributed by atoms with Crippen molar-refractivity contribution in [2.45, 2.75) is 17.9 Å². The van der Waals surface area contributed by atoms with Crippen molar-refractivity contribution in [1.29, 1.82) is 0 Å². The van der Waals surface area contributed by atoms with Gasteiger partial charge in [0.2, 0.25) is 17.7 Å². The molecule has 0 saturated heterocycles. The van der Waals surface area contributed by atoms with Gasteiger partial charge in [0.1, 0.15) is 0 Å².